The fraction of sp³-hybridized carbons (Fsp3) is 0.0667. The minimum Gasteiger partial charge on any atom is -0.378 e. The van der Waals surface area contributed by atoms with Gasteiger partial charge in [-0.1, -0.05) is 28.1 Å². The second kappa shape index (κ2) is 5.67. The molecule has 0 saturated carbocycles. The molecule has 2 aromatic carbocycles. The molecule has 3 aromatic rings. The topological polar surface area (TPSA) is 78.0 Å². The third-order valence-electron chi connectivity index (χ3n) is 3.14. The predicted octanol–water partition coefficient (Wildman–Crippen LogP) is 3.00. The lowest BCUT2D eigenvalue weighted by Gasteiger charge is -2.12. The monoisotopic (exact) mass is 345 g/mol. The van der Waals surface area contributed by atoms with Crippen molar-refractivity contribution < 1.29 is 9.90 Å². The Morgan fingerprint density at radius 3 is 2.76 bits per heavy atom. The van der Waals surface area contributed by atoms with Crippen molar-refractivity contribution in [3.05, 3.63) is 58.7 Å². The highest BCUT2D eigenvalue weighted by atomic mass is 79.9. The van der Waals surface area contributed by atoms with Crippen LogP contribution in [0.5, 0.6) is 0 Å². The number of nitrogens with one attached hydrogen (secondary N) is 2. The molecule has 0 aliphatic rings. The Hall–Kier alpha value is -2.18. The molecule has 0 bridgehead atoms. The zero-order chi connectivity index (χ0) is 14.8. The first kappa shape index (κ1) is 13.8. The molecule has 1 aromatic heterocycles. The average molecular weight is 346 g/mol. The highest BCUT2D eigenvalue weighted by Gasteiger charge is 2.17. The fourth-order valence-corrected chi connectivity index (χ4v) is 2.29. The van der Waals surface area contributed by atoms with Crippen LogP contribution in [-0.2, 0) is 4.79 Å². The first-order valence-electron chi connectivity index (χ1n) is 6.31. The highest BCUT2D eigenvalue weighted by Crippen LogP contribution is 2.20. The van der Waals surface area contributed by atoms with Crippen molar-refractivity contribution in [2.75, 3.05) is 5.32 Å². The number of benzene rings is 2. The first-order valence-corrected chi connectivity index (χ1v) is 7.10. The summed E-state index contributed by atoms with van der Waals surface area (Å²) in [4.78, 5) is 12.1. The molecule has 3 N–H and O–H groups in total. The van der Waals surface area contributed by atoms with Crippen LogP contribution in [0.15, 0.2) is 53.1 Å². The van der Waals surface area contributed by atoms with Crippen LogP contribution in [0.2, 0.25) is 0 Å². The summed E-state index contributed by atoms with van der Waals surface area (Å²) in [6.07, 6.45) is 0.467. The summed E-state index contributed by atoms with van der Waals surface area (Å²) in [5.41, 5.74) is 2.05. The summed E-state index contributed by atoms with van der Waals surface area (Å²) >= 11 is 3.31. The Kier molecular flexibility index (Phi) is 3.72. The molecule has 0 saturated heterocycles. The van der Waals surface area contributed by atoms with Crippen molar-refractivity contribution >= 4 is 38.4 Å². The number of aliphatic hydroxyl groups excluding tert-OH is 1. The molecule has 1 heterocycles. The minimum absolute atomic E-state index is 0.472. The number of rotatable bonds is 3. The van der Waals surface area contributed by atoms with Gasteiger partial charge in [0.15, 0.2) is 6.10 Å². The summed E-state index contributed by atoms with van der Waals surface area (Å²) in [5, 5.41) is 20.4. The SMILES string of the molecule is O=C(Nc1ccc2[nH]ncc2c1)C(O)c1ccc(Br)cc1. The lowest BCUT2D eigenvalue weighted by molar-refractivity contribution is -0.124. The number of anilines is 1. The summed E-state index contributed by atoms with van der Waals surface area (Å²) < 4.78 is 0.893. The number of aromatic nitrogens is 2. The van der Waals surface area contributed by atoms with Crippen LogP contribution < -0.4 is 5.32 Å². The third kappa shape index (κ3) is 2.96. The van der Waals surface area contributed by atoms with Gasteiger partial charge < -0.3 is 10.4 Å². The van der Waals surface area contributed by atoms with Crippen molar-refractivity contribution in [2.24, 2.45) is 0 Å². The van der Waals surface area contributed by atoms with Crippen LogP contribution in [0.4, 0.5) is 5.69 Å². The lowest BCUT2D eigenvalue weighted by Crippen LogP contribution is -2.20. The van der Waals surface area contributed by atoms with E-state index < -0.39 is 12.0 Å². The van der Waals surface area contributed by atoms with Crippen LogP contribution in [0.3, 0.4) is 0 Å². The number of aromatic amines is 1. The first-order chi connectivity index (χ1) is 10.1. The number of hydrogen-bond acceptors (Lipinski definition) is 3. The second-order valence-corrected chi connectivity index (χ2v) is 5.53. The molecule has 0 radical (unpaired) electrons. The third-order valence-corrected chi connectivity index (χ3v) is 3.67. The van der Waals surface area contributed by atoms with Crippen molar-refractivity contribution in [3.8, 4) is 0 Å². The normalized spacial score (nSPS) is 12.3. The van der Waals surface area contributed by atoms with E-state index in [1.807, 2.05) is 6.07 Å². The summed E-state index contributed by atoms with van der Waals surface area (Å²) in [7, 11) is 0. The van der Waals surface area contributed by atoms with Gasteiger partial charge in [0.1, 0.15) is 0 Å². The molecular weight excluding hydrogens is 334 g/mol. The highest BCUT2D eigenvalue weighted by molar-refractivity contribution is 9.10. The Balaban J connectivity index is 1.77. The van der Waals surface area contributed by atoms with Crippen molar-refractivity contribution in [1.82, 2.24) is 10.2 Å². The Labute approximate surface area is 129 Å². The predicted molar refractivity (Wildman–Crippen MR) is 83.8 cm³/mol. The maximum absolute atomic E-state index is 12.1. The Bertz CT molecular complexity index is 783. The number of fused-ring (bicyclic) bond motifs is 1. The summed E-state index contributed by atoms with van der Waals surface area (Å²) in [6.45, 7) is 0. The molecule has 0 aliphatic heterocycles. The zero-order valence-electron chi connectivity index (χ0n) is 10.9. The molecule has 1 amide bonds. The van der Waals surface area contributed by atoms with Gasteiger partial charge in [-0.15, -0.1) is 0 Å². The number of amides is 1. The molecule has 106 valence electrons. The van der Waals surface area contributed by atoms with Crippen LogP contribution in [0, 0.1) is 0 Å². The van der Waals surface area contributed by atoms with E-state index >= 15 is 0 Å². The summed E-state index contributed by atoms with van der Waals surface area (Å²) in [6, 6.07) is 12.3. The van der Waals surface area contributed by atoms with Crippen molar-refractivity contribution in [2.45, 2.75) is 6.10 Å². The number of aliphatic hydroxyl groups is 1. The molecule has 5 nitrogen and oxygen atoms in total. The maximum Gasteiger partial charge on any atom is 0.257 e. The van der Waals surface area contributed by atoms with Gasteiger partial charge in [-0.25, -0.2) is 0 Å². The molecule has 6 heteroatoms. The molecule has 1 unspecified atom stereocenters. The largest absolute Gasteiger partial charge is 0.378 e. The number of halogens is 1. The van der Waals surface area contributed by atoms with Gasteiger partial charge in [0.25, 0.3) is 5.91 Å². The van der Waals surface area contributed by atoms with Crippen LogP contribution in [0.25, 0.3) is 10.9 Å². The van der Waals surface area contributed by atoms with Gasteiger partial charge >= 0.3 is 0 Å². The molecular formula is C15H12BrN3O2. The maximum atomic E-state index is 12.1. The van der Waals surface area contributed by atoms with Gasteiger partial charge in [-0.05, 0) is 35.9 Å². The van der Waals surface area contributed by atoms with E-state index in [4.69, 9.17) is 0 Å². The van der Waals surface area contributed by atoms with Gasteiger partial charge in [0.05, 0.1) is 11.7 Å². The number of nitrogens with zero attached hydrogens (tertiary/aromatic N) is 1. The molecule has 1 atom stereocenters. The number of H-pyrrole nitrogens is 1. The standard InChI is InChI=1S/C15H12BrN3O2/c16-11-3-1-9(2-4-11)14(20)15(21)18-12-5-6-13-10(7-12)8-17-19-13/h1-8,14,20H,(H,17,19)(H,18,21). The average Bonchev–Trinajstić information content (AvgIpc) is 2.95. The van der Waals surface area contributed by atoms with Gasteiger partial charge in [-0.2, -0.15) is 5.10 Å². The number of carbonyl (C=O) groups excluding carboxylic acids is 1. The summed E-state index contributed by atoms with van der Waals surface area (Å²) in [5.74, 6) is -0.472. The van der Waals surface area contributed by atoms with Crippen LogP contribution >= 0.6 is 15.9 Å². The van der Waals surface area contributed by atoms with E-state index in [1.54, 1.807) is 42.6 Å². The van der Waals surface area contributed by atoms with Crippen LogP contribution in [-0.4, -0.2) is 21.2 Å². The van der Waals surface area contributed by atoms with E-state index in [-0.39, 0.29) is 0 Å². The molecule has 21 heavy (non-hydrogen) atoms. The fourth-order valence-electron chi connectivity index (χ4n) is 2.03. The van der Waals surface area contributed by atoms with E-state index in [0.717, 1.165) is 15.4 Å². The Morgan fingerprint density at radius 2 is 2.00 bits per heavy atom. The smallest absolute Gasteiger partial charge is 0.257 e. The van der Waals surface area contributed by atoms with E-state index in [2.05, 4.69) is 31.4 Å². The lowest BCUT2D eigenvalue weighted by atomic mass is 10.1. The van der Waals surface area contributed by atoms with E-state index in [0.29, 0.717) is 11.3 Å². The van der Waals surface area contributed by atoms with Gasteiger partial charge in [-0.3, -0.25) is 9.89 Å². The van der Waals surface area contributed by atoms with Gasteiger partial charge in [0, 0.05) is 15.5 Å². The van der Waals surface area contributed by atoms with E-state index in [9.17, 15) is 9.90 Å². The van der Waals surface area contributed by atoms with Crippen molar-refractivity contribution in [3.63, 3.8) is 0 Å². The molecule has 0 fully saturated rings. The minimum atomic E-state index is -1.21. The Morgan fingerprint density at radius 1 is 1.24 bits per heavy atom. The second-order valence-electron chi connectivity index (χ2n) is 4.62. The quantitative estimate of drug-likeness (QED) is 0.682. The zero-order valence-corrected chi connectivity index (χ0v) is 12.5. The molecule has 3 rings (SSSR count). The van der Waals surface area contributed by atoms with Crippen LogP contribution in [0.1, 0.15) is 11.7 Å². The number of carbonyl (C=O) groups is 1. The van der Waals surface area contributed by atoms with Crippen molar-refractivity contribution in [1.29, 1.82) is 0 Å². The van der Waals surface area contributed by atoms with Gasteiger partial charge in [0.2, 0.25) is 0 Å². The molecule has 0 aliphatic carbocycles. The molecule has 0 spiro atoms. The van der Waals surface area contributed by atoms with E-state index in [1.165, 1.54) is 0 Å². The number of hydrogen-bond donors (Lipinski definition) is 3.